The van der Waals surface area contributed by atoms with Gasteiger partial charge < -0.3 is 46.6 Å². The van der Waals surface area contributed by atoms with Gasteiger partial charge in [-0.1, -0.05) is 30.3 Å². The Morgan fingerprint density at radius 3 is 1.52 bits per heavy atom. The Labute approximate surface area is 373 Å². The minimum absolute atomic E-state index is 0.00448. The van der Waals surface area contributed by atoms with Crippen molar-refractivity contribution in [2.24, 2.45) is 0 Å². The van der Waals surface area contributed by atoms with Gasteiger partial charge in [-0.05, 0) is 138 Å². The molecule has 0 aliphatic carbocycles. The maximum absolute atomic E-state index is 14.5. The molecular weight excluding hydrogens is 875 g/mol. The SMILES string of the molecule is Nc1cc(N)cc(CCOC(=O)/C(CCc2cc(N)cc(N)c2)=C(/c2ccc(C(=O)Oc3ccc(OC(F)(F)F)cc3)cc2)c2ccccc2C(=O)Oc2ccc(OCC(F)(F)F)cc2)c1. The van der Waals surface area contributed by atoms with Gasteiger partial charge in [0, 0.05) is 40.3 Å². The fourth-order valence-electron chi connectivity index (χ4n) is 6.68. The normalized spacial score (nSPS) is 11.8. The molecule has 0 saturated carbocycles. The van der Waals surface area contributed by atoms with Crippen molar-refractivity contribution in [1.29, 1.82) is 0 Å². The second-order valence-electron chi connectivity index (χ2n) is 14.6. The summed E-state index contributed by atoms with van der Waals surface area (Å²) in [5.41, 5.74) is 27.8. The first-order chi connectivity index (χ1) is 31.3. The van der Waals surface area contributed by atoms with Crippen LogP contribution in [0.5, 0.6) is 23.0 Å². The lowest BCUT2D eigenvalue weighted by Gasteiger charge is -2.19. The zero-order valence-corrected chi connectivity index (χ0v) is 34.6. The van der Waals surface area contributed by atoms with Crippen molar-refractivity contribution in [1.82, 2.24) is 0 Å². The maximum atomic E-state index is 14.5. The van der Waals surface area contributed by atoms with Crippen molar-refractivity contribution in [3.8, 4) is 23.0 Å². The molecule has 0 bridgehead atoms. The van der Waals surface area contributed by atoms with E-state index in [9.17, 15) is 40.7 Å². The number of hydrogen-bond acceptors (Lipinski definition) is 12. The largest absolute Gasteiger partial charge is 0.573 e. The van der Waals surface area contributed by atoms with Crippen LogP contribution < -0.4 is 41.9 Å². The Hall–Kier alpha value is -8.15. The summed E-state index contributed by atoms with van der Waals surface area (Å²) in [6, 6.07) is 30.9. The molecule has 6 aromatic carbocycles. The molecule has 66 heavy (non-hydrogen) atoms. The van der Waals surface area contributed by atoms with E-state index in [1.807, 2.05) is 0 Å². The van der Waals surface area contributed by atoms with Crippen molar-refractivity contribution >= 4 is 46.2 Å². The summed E-state index contributed by atoms with van der Waals surface area (Å²) in [5, 5.41) is 0. The number of carbonyl (C=O) groups excluding carboxylic acids is 3. The molecule has 0 fully saturated rings. The van der Waals surface area contributed by atoms with Crippen molar-refractivity contribution in [3.63, 3.8) is 0 Å². The number of esters is 3. The van der Waals surface area contributed by atoms with E-state index < -0.39 is 42.8 Å². The van der Waals surface area contributed by atoms with E-state index in [1.54, 1.807) is 54.6 Å². The number of aryl methyl sites for hydroxylation is 1. The zero-order chi connectivity index (χ0) is 47.6. The summed E-state index contributed by atoms with van der Waals surface area (Å²) < 4.78 is 102. The number of nitrogen functional groups attached to an aromatic ring is 4. The topological polar surface area (TPSA) is 201 Å². The molecule has 0 atom stereocenters. The smallest absolute Gasteiger partial charge is 0.484 e. The lowest BCUT2D eigenvalue weighted by atomic mass is 9.87. The summed E-state index contributed by atoms with van der Waals surface area (Å²) >= 11 is 0. The Morgan fingerprint density at radius 2 is 0.985 bits per heavy atom. The molecule has 0 unspecified atom stereocenters. The molecule has 0 heterocycles. The first-order valence-electron chi connectivity index (χ1n) is 19.8. The highest BCUT2D eigenvalue weighted by Crippen LogP contribution is 2.35. The van der Waals surface area contributed by atoms with Crippen LogP contribution in [0.4, 0.5) is 49.1 Å². The molecule has 18 heteroatoms. The average molecular weight is 915 g/mol. The predicted molar refractivity (Wildman–Crippen MR) is 233 cm³/mol. The van der Waals surface area contributed by atoms with Crippen LogP contribution in [0, 0.1) is 0 Å². The number of hydrogen-bond donors (Lipinski definition) is 4. The number of carbonyl (C=O) groups is 3. The highest BCUT2D eigenvalue weighted by molar-refractivity contribution is 6.06. The van der Waals surface area contributed by atoms with Gasteiger partial charge in [0.15, 0.2) is 6.61 Å². The summed E-state index contributed by atoms with van der Waals surface area (Å²) in [6.07, 6.45) is -9.08. The van der Waals surface area contributed by atoms with Gasteiger partial charge in [-0.3, -0.25) is 0 Å². The lowest BCUT2D eigenvalue weighted by Crippen LogP contribution is -2.19. The molecule has 6 rings (SSSR count). The number of anilines is 4. The monoisotopic (exact) mass is 914 g/mol. The van der Waals surface area contributed by atoms with E-state index in [-0.39, 0.29) is 71.0 Å². The van der Waals surface area contributed by atoms with Gasteiger partial charge in [0.25, 0.3) is 0 Å². The summed E-state index contributed by atoms with van der Waals surface area (Å²) in [7, 11) is 0. The van der Waals surface area contributed by atoms with Crippen molar-refractivity contribution in [2.45, 2.75) is 31.8 Å². The highest BCUT2D eigenvalue weighted by atomic mass is 19.4. The minimum Gasteiger partial charge on any atom is -0.484 e. The van der Waals surface area contributed by atoms with Crippen LogP contribution in [-0.2, 0) is 22.4 Å². The van der Waals surface area contributed by atoms with E-state index in [0.29, 0.717) is 39.4 Å². The van der Waals surface area contributed by atoms with Gasteiger partial charge in [0.1, 0.15) is 23.0 Å². The third-order valence-corrected chi connectivity index (χ3v) is 9.44. The van der Waals surface area contributed by atoms with Gasteiger partial charge in [-0.2, -0.15) is 13.2 Å². The number of nitrogens with two attached hydrogens (primary N) is 4. The van der Waals surface area contributed by atoms with E-state index in [2.05, 4.69) is 4.74 Å². The van der Waals surface area contributed by atoms with Crippen LogP contribution in [0.15, 0.2) is 139 Å². The molecule has 0 spiro atoms. The number of rotatable bonds is 16. The van der Waals surface area contributed by atoms with Gasteiger partial charge >= 0.3 is 30.4 Å². The first-order valence-corrected chi connectivity index (χ1v) is 19.8. The Morgan fingerprint density at radius 1 is 0.515 bits per heavy atom. The number of alkyl halides is 6. The highest BCUT2D eigenvalue weighted by Gasteiger charge is 2.31. The van der Waals surface area contributed by atoms with E-state index in [4.69, 9.17) is 41.9 Å². The van der Waals surface area contributed by atoms with Gasteiger partial charge in [0.05, 0.1) is 17.7 Å². The van der Waals surface area contributed by atoms with Crippen LogP contribution in [0.2, 0.25) is 0 Å². The van der Waals surface area contributed by atoms with Gasteiger partial charge in [-0.25, -0.2) is 14.4 Å². The molecule has 12 nitrogen and oxygen atoms in total. The molecule has 0 aliphatic rings. The molecule has 342 valence electrons. The molecule has 0 saturated heterocycles. The summed E-state index contributed by atoms with van der Waals surface area (Å²) in [6.45, 7) is -1.65. The second kappa shape index (κ2) is 20.6. The molecule has 0 aliphatic heterocycles. The molecule has 0 amide bonds. The lowest BCUT2D eigenvalue weighted by molar-refractivity contribution is -0.274. The first kappa shape index (κ1) is 47.3. The maximum Gasteiger partial charge on any atom is 0.573 e. The molecule has 0 radical (unpaired) electrons. The Bertz CT molecular complexity index is 2680. The van der Waals surface area contributed by atoms with Crippen molar-refractivity contribution in [3.05, 3.63) is 172 Å². The van der Waals surface area contributed by atoms with Crippen molar-refractivity contribution < 1.29 is 64.4 Å². The molecular formula is C48H40F6N4O8. The van der Waals surface area contributed by atoms with Crippen LogP contribution >= 0.6 is 0 Å². The fourth-order valence-corrected chi connectivity index (χ4v) is 6.68. The van der Waals surface area contributed by atoms with E-state index in [1.165, 1.54) is 54.6 Å². The summed E-state index contributed by atoms with van der Waals surface area (Å²) in [5.74, 6) is -3.33. The summed E-state index contributed by atoms with van der Waals surface area (Å²) in [4.78, 5) is 41.8. The Kier molecular flexibility index (Phi) is 14.8. The van der Waals surface area contributed by atoms with Crippen LogP contribution in [0.1, 0.15) is 49.4 Å². The number of benzene rings is 6. The molecule has 8 N–H and O–H groups in total. The minimum atomic E-state index is -4.92. The Balaban J connectivity index is 1.39. The zero-order valence-electron chi connectivity index (χ0n) is 34.6. The average Bonchev–Trinajstić information content (AvgIpc) is 3.24. The molecule has 0 aromatic heterocycles. The third-order valence-electron chi connectivity index (χ3n) is 9.44. The van der Waals surface area contributed by atoms with Gasteiger partial charge in [-0.15, -0.1) is 13.2 Å². The fraction of sp³-hybridized carbons (Fsp3) is 0.146. The third kappa shape index (κ3) is 13.7. The van der Waals surface area contributed by atoms with Crippen LogP contribution in [0.3, 0.4) is 0 Å². The van der Waals surface area contributed by atoms with Gasteiger partial charge in [0.2, 0.25) is 0 Å². The van der Waals surface area contributed by atoms with Crippen molar-refractivity contribution in [2.75, 3.05) is 36.1 Å². The number of halogens is 6. The van der Waals surface area contributed by atoms with E-state index >= 15 is 0 Å². The van der Waals surface area contributed by atoms with Crippen LogP contribution in [-0.4, -0.2) is 43.7 Å². The second-order valence-corrected chi connectivity index (χ2v) is 14.6. The van der Waals surface area contributed by atoms with Crippen LogP contribution in [0.25, 0.3) is 5.57 Å². The standard InChI is InChI=1S/C48H40F6N4O8/c49-47(50,51)27-63-36-10-12-38(13-11-36)65-46(61)41-4-2-1-3-40(41)43(30-6-8-31(9-7-30)44(59)64-37-14-16-39(17-15-37)66-48(52,53)54)42(18-5-28-21-32(55)25-33(56)22-28)45(60)62-20-19-29-23-34(57)26-35(58)24-29/h1-4,6-17,21-26H,5,18-20,27,55-58H2/b43-42-. The quantitative estimate of drug-likeness (QED) is 0.0236. The van der Waals surface area contributed by atoms with E-state index in [0.717, 1.165) is 24.3 Å². The predicted octanol–water partition coefficient (Wildman–Crippen LogP) is 9.51. The number of ether oxygens (including phenoxy) is 5. The molecule has 6 aromatic rings.